The normalized spacial score (nSPS) is 10.2. The number of hydrogen-bond acceptors (Lipinski definition) is 4. The Kier molecular flexibility index (Phi) is 3.74. The fourth-order valence-electron chi connectivity index (χ4n) is 1.85. The average molecular weight is 272 g/mol. The van der Waals surface area contributed by atoms with Gasteiger partial charge in [-0.1, -0.05) is 30.3 Å². The molecule has 6 heteroatoms. The lowest BCUT2D eigenvalue weighted by Crippen LogP contribution is -2.27. The first kappa shape index (κ1) is 13.7. The minimum absolute atomic E-state index is 0.212. The van der Waals surface area contributed by atoms with Crippen LogP contribution in [0.15, 0.2) is 47.3 Å². The summed E-state index contributed by atoms with van der Waals surface area (Å²) in [4.78, 5) is 34.0. The number of nitro groups is 1. The molecule has 0 radical (unpaired) electrons. The van der Waals surface area contributed by atoms with Gasteiger partial charge in [-0.2, -0.15) is 0 Å². The maximum Gasteiger partial charge on any atom is 0.334 e. The molecule has 6 nitrogen and oxygen atoms in total. The number of nitrogens with zero attached hydrogens (tertiary/aromatic N) is 2. The third-order valence-corrected chi connectivity index (χ3v) is 2.97. The van der Waals surface area contributed by atoms with Crippen LogP contribution < -0.4 is 5.56 Å². The highest BCUT2D eigenvalue weighted by atomic mass is 16.6. The number of Topliss-reactive ketones (excluding diaryl/α,β-unsaturated/α-hetero) is 1. The quantitative estimate of drug-likeness (QED) is 0.484. The van der Waals surface area contributed by atoms with Crippen LogP contribution in [0.2, 0.25) is 0 Å². The van der Waals surface area contributed by atoms with Crippen LogP contribution in [0.1, 0.15) is 16.1 Å². The highest BCUT2D eigenvalue weighted by molar-refractivity contribution is 5.95. The van der Waals surface area contributed by atoms with Crippen LogP contribution in [0.5, 0.6) is 0 Å². The predicted molar refractivity (Wildman–Crippen MR) is 72.9 cm³/mol. The summed E-state index contributed by atoms with van der Waals surface area (Å²) in [5.74, 6) is -0.267. The van der Waals surface area contributed by atoms with Gasteiger partial charge in [-0.25, -0.2) is 0 Å². The zero-order valence-corrected chi connectivity index (χ0v) is 10.8. The second-order valence-electron chi connectivity index (χ2n) is 4.30. The maximum atomic E-state index is 12.1. The number of carbonyl (C=O) groups is 1. The van der Waals surface area contributed by atoms with E-state index in [0.29, 0.717) is 11.3 Å². The van der Waals surface area contributed by atoms with Crippen molar-refractivity contribution in [2.75, 3.05) is 0 Å². The van der Waals surface area contributed by atoms with Gasteiger partial charge in [0.25, 0.3) is 0 Å². The number of carbonyl (C=O) groups excluding carboxylic acids is 1. The molecule has 0 saturated heterocycles. The molecule has 0 amide bonds. The summed E-state index contributed by atoms with van der Waals surface area (Å²) in [5, 5.41) is 10.7. The largest absolute Gasteiger partial charge is 0.334 e. The molecule has 1 aromatic heterocycles. The summed E-state index contributed by atoms with van der Waals surface area (Å²) < 4.78 is 1.12. The Morgan fingerprint density at radius 2 is 1.85 bits per heavy atom. The van der Waals surface area contributed by atoms with E-state index in [2.05, 4.69) is 0 Å². The summed E-state index contributed by atoms with van der Waals surface area (Å²) in [5.41, 5.74) is -0.328. The van der Waals surface area contributed by atoms with Crippen LogP contribution in [-0.4, -0.2) is 15.3 Å². The van der Waals surface area contributed by atoms with E-state index in [4.69, 9.17) is 0 Å². The van der Waals surface area contributed by atoms with Gasteiger partial charge in [-0.15, -0.1) is 0 Å². The first-order valence-electron chi connectivity index (χ1n) is 5.94. The van der Waals surface area contributed by atoms with Gasteiger partial charge in [0.05, 0.1) is 11.5 Å². The van der Waals surface area contributed by atoms with Crippen molar-refractivity contribution in [3.8, 4) is 0 Å². The van der Waals surface area contributed by atoms with Crippen molar-refractivity contribution in [2.45, 2.75) is 13.5 Å². The monoisotopic (exact) mass is 272 g/mol. The molecule has 0 aliphatic rings. The van der Waals surface area contributed by atoms with Crippen LogP contribution in [0.4, 0.5) is 5.69 Å². The van der Waals surface area contributed by atoms with E-state index in [-0.39, 0.29) is 12.3 Å². The van der Waals surface area contributed by atoms with Crippen LogP contribution >= 0.6 is 0 Å². The molecule has 20 heavy (non-hydrogen) atoms. The molecule has 0 saturated carbocycles. The Labute approximate surface area is 114 Å². The van der Waals surface area contributed by atoms with E-state index in [1.165, 1.54) is 6.07 Å². The summed E-state index contributed by atoms with van der Waals surface area (Å²) in [6, 6.07) is 11.1. The molecule has 0 unspecified atom stereocenters. The third kappa shape index (κ3) is 2.64. The molecule has 0 spiro atoms. The number of rotatable bonds is 4. The van der Waals surface area contributed by atoms with E-state index in [9.17, 15) is 19.7 Å². The van der Waals surface area contributed by atoms with Gasteiger partial charge in [-0.3, -0.25) is 24.3 Å². The second-order valence-corrected chi connectivity index (χ2v) is 4.30. The van der Waals surface area contributed by atoms with Crippen molar-refractivity contribution in [2.24, 2.45) is 0 Å². The molecule has 1 heterocycles. The van der Waals surface area contributed by atoms with E-state index in [1.807, 2.05) is 0 Å². The molecular formula is C14H12N2O4. The molecule has 1 aromatic carbocycles. The lowest BCUT2D eigenvalue weighted by Gasteiger charge is -2.08. The van der Waals surface area contributed by atoms with Crippen LogP contribution in [0.3, 0.4) is 0 Å². The zero-order valence-electron chi connectivity index (χ0n) is 10.8. The highest BCUT2D eigenvalue weighted by Crippen LogP contribution is 2.08. The van der Waals surface area contributed by atoms with E-state index >= 15 is 0 Å². The van der Waals surface area contributed by atoms with Gasteiger partial charge in [0.1, 0.15) is 0 Å². The highest BCUT2D eigenvalue weighted by Gasteiger charge is 2.17. The molecule has 0 fully saturated rings. The Morgan fingerprint density at radius 3 is 2.45 bits per heavy atom. The topological polar surface area (TPSA) is 82.2 Å². The molecule has 0 bridgehead atoms. The molecule has 0 atom stereocenters. The third-order valence-electron chi connectivity index (χ3n) is 2.97. The lowest BCUT2D eigenvalue weighted by atomic mass is 10.1. The average Bonchev–Trinajstić information content (AvgIpc) is 2.43. The fraction of sp³-hybridized carbons (Fsp3) is 0.143. The number of pyridine rings is 1. The number of aryl methyl sites for hydroxylation is 1. The van der Waals surface area contributed by atoms with Gasteiger partial charge < -0.3 is 0 Å². The Bertz CT molecular complexity index is 720. The standard InChI is InChI=1S/C14H12N2O4/c1-10-7-8-12(16(19)20)14(18)15(10)9-13(17)11-5-3-2-4-6-11/h2-8H,9H2,1H3. The smallest absolute Gasteiger partial charge is 0.299 e. The van der Waals surface area contributed by atoms with Gasteiger partial charge in [-0.05, 0) is 13.0 Å². The van der Waals surface area contributed by atoms with E-state index < -0.39 is 16.2 Å². The van der Waals surface area contributed by atoms with Crippen molar-refractivity contribution in [1.29, 1.82) is 0 Å². The summed E-state index contributed by atoms with van der Waals surface area (Å²) in [6.45, 7) is 1.42. The van der Waals surface area contributed by atoms with E-state index in [1.54, 1.807) is 37.3 Å². The molecule has 0 aliphatic heterocycles. The molecule has 2 aromatic rings. The van der Waals surface area contributed by atoms with E-state index in [0.717, 1.165) is 10.6 Å². The second kappa shape index (κ2) is 5.48. The number of hydrogen-bond donors (Lipinski definition) is 0. The van der Waals surface area contributed by atoms with Crippen molar-refractivity contribution in [1.82, 2.24) is 4.57 Å². The lowest BCUT2D eigenvalue weighted by molar-refractivity contribution is -0.386. The molecule has 102 valence electrons. The molecule has 0 aliphatic carbocycles. The van der Waals surface area contributed by atoms with Crippen molar-refractivity contribution in [3.05, 3.63) is 74.2 Å². The number of aromatic nitrogens is 1. The Morgan fingerprint density at radius 1 is 1.20 bits per heavy atom. The van der Waals surface area contributed by atoms with Crippen LogP contribution in [-0.2, 0) is 6.54 Å². The first-order valence-corrected chi connectivity index (χ1v) is 5.94. The van der Waals surface area contributed by atoms with Crippen molar-refractivity contribution < 1.29 is 9.72 Å². The molecule has 2 rings (SSSR count). The van der Waals surface area contributed by atoms with Gasteiger partial charge in [0.2, 0.25) is 0 Å². The number of ketones is 1. The minimum atomic E-state index is -0.765. The van der Waals surface area contributed by atoms with Gasteiger partial charge in [0, 0.05) is 17.3 Å². The first-order chi connectivity index (χ1) is 9.50. The van der Waals surface area contributed by atoms with Crippen LogP contribution in [0.25, 0.3) is 0 Å². The van der Waals surface area contributed by atoms with Gasteiger partial charge >= 0.3 is 11.2 Å². The number of benzene rings is 1. The predicted octanol–water partition coefficient (Wildman–Crippen LogP) is 1.95. The maximum absolute atomic E-state index is 12.1. The SMILES string of the molecule is Cc1ccc([N+](=O)[O-])c(=O)n1CC(=O)c1ccccc1. The van der Waals surface area contributed by atoms with Crippen molar-refractivity contribution in [3.63, 3.8) is 0 Å². The Hall–Kier alpha value is -2.76. The minimum Gasteiger partial charge on any atom is -0.299 e. The fourth-order valence-corrected chi connectivity index (χ4v) is 1.85. The van der Waals surface area contributed by atoms with Crippen molar-refractivity contribution >= 4 is 11.5 Å². The summed E-state index contributed by atoms with van der Waals surface area (Å²) in [7, 11) is 0. The molecular weight excluding hydrogens is 260 g/mol. The summed E-state index contributed by atoms with van der Waals surface area (Å²) in [6.07, 6.45) is 0. The van der Waals surface area contributed by atoms with Crippen LogP contribution in [0, 0.1) is 17.0 Å². The summed E-state index contributed by atoms with van der Waals surface area (Å²) >= 11 is 0. The Balaban J connectivity index is 2.39. The molecule has 0 N–H and O–H groups in total. The van der Waals surface area contributed by atoms with Gasteiger partial charge in [0.15, 0.2) is 5.78 Å². The zero-order chi connectivity index (χ0) is 14.7.